The molecule has 3 aromatic rings. The van der Waals surface area contributed by atoms with E-state index in [1.54, 1.807) is 0 Å². The molecule has 94 valence electrons. The molecule has 4 heteroatoms. The molecule has 0 saturated heterocycles. The highest BCUT2D eigenvalue weighted by Crippen LogP contribution is 2.28. The summed E-state index contributed by atoms with van der Waals surface area (Å²) < 4.78 is 0. The summed E-state index contributed by atoms with van der Waals surface area (Å²) in [5.74, 6) is 1.03. The second-order valence-electron chi connectivity index (χ2n) is 4.43. The second-order valence-corrected chi connectivity index (χ2v) is 4.84. The number of hydrogen-bond donors (Lipinski definition) is 1. The summed E-state index contributed by atoms with van der Waals surface area (Å²) in [5.41, 5.74) is 8.70. The number of nitrogen functional groups attached to an aromatic ring is 1. The van der Waals surface area contributed by atoms with Crippen molar-refractivity contribution in [2.45, 2.75) is 6.92 Å². The molecule has 0 atom stereocenters. The number of fused-ring (bicyclic) bond motifs is 1. The van der Waals surface area contributed by atoms with E-state index in [1.165, 1.54) is 0 Å². The number of rotatable bonds is 1. The van der Waals surface area contributed by atoms with Crippen molar-refractivity contribution < 1.29 is 0 Å². The molecule has 0 radical (unpaired) electrons. The molecule has 0 aliphatic rings. The molecule has 19 heavy (non-hydrogen) atoms. The number of anilines is 1. The van der Waals surface area contributed by atoms with Gasteiger partial charge in [0.15, 0.2) is 5.82 Å². The standard InChI is InChI=1S/C15H12ClN3/c1-9-6-7-10(12(16)8-9)15-18-13-5-3-2-4-11(13)14(17)19-15/h2-8H,1H3,(H2,17,18,19). The predicted octanol–water partition coefficient (Wildman–Crippen LogP) is 3.84. The Hall–Kier alpha value is -2.13. The van der Waals surface area contributed by atoms with Crippen LogP contribution in [0.4, 0.5) is 5.82 Å². The first kappa shape index (κ1) is 11.9. The van der Waals surface area contributed by atoms with Crippen molar-refractivity contribution in [1.82, 2.24) is 9.97 Å². The summed E-state index contributed by atoms with van der Waals surface area (Å²) in [4.78, 5) is 8.87. The van der Waals surface area contributed by atoms with E-state index in [4.69, 9.17) is 17.3 Å². The molecular formula is C15H12ClN3. The number of hydrogen-bond acceptors (Lipinski definition) is 3. The molecule has 2 N–H and O–H groups in total. The van der Waals surface area contributed by atoms with Crippen molar-refractivity contribution in [3.8, 4) is 11.4 Å². The van der Waals surface area contributed by atoms with Crippen LogP contribution in [-0.4, -0.2) is 9.97 Å². The molecule has 0 unspecified atom stereocenters. The quantitative estimate of drug-likeness (QED) is 0.730. The number of benzene rings is 2. The van der Waals surface area contributed by atoms with Gasteiger partial charge in [-0.05, 0) is 36.8 Å². The number of aryl methyl sites for hydroxylation is 1. The number of halogens is 1. The minimum atomic E-state index is 0.470. The van der Waals surface area contributed by atoms with Crippen molar-refractivity contribution in [2.24, 2.45) is 0 Å². The molecule has 0 aliphatic carbocycles. The van der Waals surface area contributed by atoms with Crippen molar-refractivity contribution in [3.63, 3.8) is 0 Å². The Morgan fingerprint density at radius 2 is 1.84 bits per heavy atom. The maximum absolute atomic E-state index is 6.25. The van der Waals surface area contributed by atoms with Crippen LogP contribution in [0.5, 0.6) is 0 Å². The summed E-state index contributed by atoms with van der Waals surface area (Å²) in [5, 5.41) is 1.49. The predicted molar refractivity (Wildman–Crippen MR) is 79.1 cm³/mol. The lowest BCUT2D eigenvalue weighted by molar-refractivity contribution is 1.23. The first-order chi connectivity index (χ1) is 9.15. The SMILES string of the molecule is Cc1ccc(-c2nc(N)c3ccccc3n2)c(Cl)c1. The van der Waals surface area contributed by atoms with Crippen LogP contribution < -0.4 is 5.73 Å². The fourth-order valence-electron chi connectivity index (χ4n) is 2.02. The Balaban J connectivity index is 2.25. The van der Waals surface area contributed by atoms with E-state index in [0.29, 0.717) is 16.7 Å². The molecule has 1 heterocycles. The van der Waals surface area contributed by atoms with Crippen LogP contribution >= 0.6 is 11.6 Å². The van der Waals surface area contributed by atoms with Gasteiger partial charge in [0.1, 0.15) is 5.82 Å². The Kier molecular flexibility index (Phi) is 2.84. The highest BCUT2D eigenvalue weighted by Gasteiger charge is 2.10. The normalized spacial score (nSPS) is 10.8. The average molecular weight is 270 g/mol. The summed E-state index contributed by atoms with van der Waals surface area (Å²) in [7, 11) is 0. The Morgan fingerprint density at radius 3 is 2.63 bits per heavy atom. The largest absolute Gasteiger partial charge is 0.383 e. The first-order valence-corrected chi connectivity index (χ1v) is 6.32. The van der Waals surface area contributed by atoms with Crippen LogP contribution in [0.1, 0.15) is 5.56 Å². The molecule has 3 nitrogen and oxygen atoms in total. The summed E-state index contributed by atoms with van der Waals surface area (Å²) in [6, 6.07) is 13.5. The third-order valence-electron chi connectivity index (χ3n) is 3.00. The summed E-state index contributed by atoms with van der Waals surface area (Å²) >= 11 is 6.25. The molecule has 0 amide bonds. The van der Waals surface area contributed by atoms with Gasteiger partial charge in [-0.1, -0.05) is 29.8 Å². The first-order valence-electron chi connectivity index (χ1n) is 5.94. The van der Waals surface area contributed by atoms with Crippen LogP contribution in [0.25, 0.3) is 22.3 Å². The third kappa shape index (κ3) is 2.13. The van der Waals surface area contributed by atoms with Crippen LogP contribution in [0, 0.1) is 6.92 Å². The van der Waals surface area contributed by atoms with Gasteiger partial charge in [-0.2, -0.15) is 0 Å². The van der Waals surface area contributed by atoms with Gasteiger partial charge in [-0.25, -0.2) is 9.97 Å². The molecule has 0 saturated carbocycles. The Morgan fingerprint density at radius 1 is 1.05 bits per heavy atom. The third-order valence-corrected chi connectivity index (χ3v) is 3.31. The molecule has 0 aliphatic heterocycles. The zero-order valence-electron chi connectivity index (χ0n) is 10.4. The lowest BCUT2D eigenvalue weighted by Crippen LogP contribution is -1.98. The molecule has 0 fully saturated rings. The van der Waals surface area contributed by atoms with Gasteiger partial charge in [-0.15, -0.1) is 0 Å². The van der Waals surface area contributed by atoms with Crippen LogP contribution in [0.2, 0.25) is 5.02 Å². The summed E-state index contributed by atoms with van der Waals surface area (Å²) in [6.07, 6.45) is 0. The zero-order valence-corrected chi connectivity index (χ0v) is 11.1. The van der Waals surface area contributed by atoms with E-state index in [1.807, 2.05) is 49.4 Å². The smallest absolute Gasteiger partial charge is 0.163 e. The van der Waals surface area contributed by atoms with Gasteiger partial charge < -0.3 is 5.73 Å². The molecule has 3 rings (SSSR count). The topological polar surface area (TPSA) is 51.8 Å². The minimum Gasteiger partial charge on any atom is -0.383 e. The highest BCUT2D eigenvalue weighted by atomic mass is 35.5. The Bertz CT molecular complexity index is 768. The van der Waals surface area contributed by atoms with Crippen LogP contribution in [0.3, 0.4) is 0 Å². The van der Waals surface area contributed by atoms with Gasteiger partial charge in [-0.3, -0.25) is 0 Å². The lowest BCUT2D eigenvalue weighted by Gasteiger charge is -2.07. The van der Waals surface area contributed by atoms with Gasteiger partial charge in [0.2, 0.25) is 0 Å². The fraction of sp³-hybridized carbons (Fsp3) is 0.0667. The van der Waals surface area contributed by atoms with E-state index in [9.17, 15) is 0 Å². The van der Waals surface area contributed by atoms with Crippen molar-refractivity contribution in [2.75, 3.05) is 5.73 Å². The van der Waals surface area contributed by atoms with Gasteiger partial charge >= 0.3 is 0 Å². The van der Waals surface area contributed by atoms with Crippen molar-refractivity contribution in [3.05, 3.63) is 53.1 Å². The van der Waals surface area contributed by atoms with E-state index < -0.39 is 0 Å². The average Bonchev–Trinajstić information content (AvgIpc) is 2.38. The van der Waals surface area contributed by atoms with Crippen molar-refractivity contribution >= 4 is 28.3 Å². The molecule has 0 bridgehead atoms. The maximum atomic E-state index is 6.25. The van der Waals surface area contributed by atoms with E-state index >= 15 is 0 Å². The molecule has 0 spiro atoms. The molecule has 1 aromatic heterocycles. The van der Waals surface area contributed by atoms with Gasteiger partial charge in [0, 0.05) is 10.9 Å². The zero-order chi connectivity index (χ0) is 13.4. The number of nitrogens with two attached hydrogens (primary N) is 1. The highest BCUT2D eigenvalue weighted by molar-refractivity contribution is 6.33. The van der Waals surface area contributed by atoms with E-state index in [0.717, 1.165) is 22.0 Å². The van der Waals surface area contributed by atoms with Crippen LogP contribution in [0.15, 0.2) is 42.5 Å². The van der Waals surface area contributed by atoms with E-state index in [-0.39, 0.29) is 0 Å². The Labute approximate surface area is 116 Å². The number of nitrogens with zero attached hydrogens (tertiary/aromatic N) is 2. The minimum absolute atomic E-state index is 0.470. The van der Waals surface area contributed by atoms with E-state index in [2.05, 4.69) is 9.97 Å². The van der Waals surface area contributed by atoms with Gasteiger partial charge in [0.25, 0.3) is 0 Å². The van der Waals surface area contributed by atoms with Crippen LogP contribution in [-0.2, 0) is 0 Å². The number of aromatic nitrogens is 2. The fourth-order valence-corrected chi connectivity index (χ4v) is 2.34. The monoisotopic (exact) mass is 269 g/mol. The van der Waals surface area contributed by atoms with Crippen molar-refractivity contribution in [1.29, 1.82) is 0 Å². The molecule has 2 aromatic carbocycles. The summed E-state index contributed by atoms with van der Waals surface area (Å²) in [6.45, 7) is 1.99. The molecular weight excluding hydrogens is 258 g/mol. The second kappa shape index (κ2) is 4.52. The maximum Gasteiger partial charge on any atom is 0.163 e. The van der Waals surface area contributed by atoms with Gasteiger partial charge in [0.05, 0.1) is 10.5 Å². The number of para-hydroxylation sites is 1. The lowest BCUT2D eigenvalue weighted by atomic mass is 10.1.